The van der Waals surface area contributed by atoms with Crippen molar-refractivity contribution < 1.29 is 4.74 Å². The topological polar surface area (TPSA) is 47.0 Å². The van der Waals surface area contributed by atoms with Crippen LogP contribution in [0.15, 0.2) is 28.6 Å². The normalized spacial score (nSPS) is 12.3. The number of para-hydroxylation sites is 1. The Hall–Kier alpha value is -1.11. The van der Waals surface area contributed by atoms with E-state index in [1.807, 2.05) is 25.1 Å². The molecule has 1 N–H and O–H groups in total. The number of ether oxygens (including phenoxy) is 1. The number of thioether (sulfide) groups is 1. The van der Waals surface area contributed by atoms with Gasteiger partial charge in [-0.2, -0.15) is 0 Å². The van der Waals surface area contributed by atoms with Crippen molar-refractivity contribution in [2.24, 2.45) is 0 Å². The molecule has 0 bridgehead atoms. The molecule has 1 heterocycles. The van der Waals surface area contributed by atoms with Crippen molar-refractivity contribution in [2.75, 3.05) is 19.4 Å². The zero-order chi connectivity index (χ0) is 14.4. The Morgan fingerprint density at radius 3 is 2.80 bits per heavy atom. The second kappa shape index (κ2) is 7.61. The summed E-state index contributed by atoms with van der Waals surface area (Å²) in [5.74, 6) is 1.83. The summed E-state index contributed by atoms with van der Waals surface area (Å²) in [5, 5.41) is 12.7. The lowest BCUT2D eigenvalue weighted by atomic mass is 10.1. The standard InChI is InChI=1S/C14H19N3OS2/c1-4-15-12(9-19-14-17-16-10(2)20-14)11-7-5-6-8-13(11)18-3/h5-8,12,15H,4,9H2,1-3H3. The van der Waals surface area contributed by atoms with Gasteiger partial charge in [0.25, 0.3) is 0 Å². The van der Waals surface area contributed by atoms with Gasteiger partial charge in [0, 0.05) is 17.4 Å². The first-order valence-electron chi connectivity index (χ1n) is 6.53. The zero-order valence-corrected chi connectivity index (χ0v) is 13.6. The van der Waals surface area contributed by atoms with E-state index in [9.17, 15) is 0 Å². The third kappa shape index (κ3) is 3.94. The molecule has 0 aliphatic rings. The number of benzene rings is 1. The van der Waals surface area contributed by atoms with Gasteiger partial charge in [-0.1, -0.05) is 48.2 Å². The van der Waals surface area contributed by atoms with Gasteiger partial charge in [0.05, 0.1) is 7.11 Å². The maximum atomic E-state index is 5.45. The molecule has 6 heteroatoms. The van der Waals surface area contributed by atoms with Crippen LogP contribution in [0.4, 0.5) is 0 Å². The van der Waals surface area contributed by atoms with E-state index in [-0.39, 0.29) is 6.04 Å². The molecule has 1 aromatic heterocycles. The first kappa shape index (κ1) is 15.3. The van der Waals surface area contributed by atoms with Crippen molar-refractivity contribution in [3.05, 3.63) is 34.8 Å². The lowest BCUT2D eigenvalue weighted by Gasteiger charge is -2.19. The Balaban J connectivity index is 2.10. The maximum absolute atomic E-state index is 5.45. The number of nitrogens with zero attached hydrogens (tertiary/aromatic N) is 2. The second-order valence-corrected chi connectivity index (χ2v) is 6.70. The van der Waals surface area contributed by atoms with E-state index in [4.69, 9.17) is 4.74 Å². The average molecular weight is 309 g/mol. The summed E-state index contributed by atoms with van der Waals surface area (Å²) < 4.78 is 6.47. The summed E-state index contributed by atoms with van der Waals surface area (Å²) in [7, 11) is 1.71. The molecule has 0 aliphatic carbocycles. The highest BCUT2D eigenvalue weighted by Crippen LogP contribution is 2.31. The smallest absolute Gasteiger partial charge is 0.174 e. The first-order chi connectivity index (χ1) is 9.74. The summed E-state index contributed by atoms with van der Waals surface area (Å²) in [6, 6.07) is 8.39. The van der Waals surface area contributed by atoms with E-state index in [0.717, 1.165) is 27.4 Å². The molecular formula is C14H19N3OS2. The van der Waals surface area contributed by atoms with Crippen LogP contribution in [0.2, 0.25) is 0 Å². The van der Waals surface area contributed by atoms with Crippen LogP contribution >= 0.6 is 23.1 Å². The molecule has 108 valence electrons. The lowest BCUT2D eigenvalue weighted by molar-refractivity contribution is 0.403. The zero-order valence-electron chi connectivity index (χ0n) is 11.9. The summed E-state index contributed by atoms with van der Waals surface area (Å²) in [4.78, 5) is 0. The number of hydrogen-bond donors (Lipinski definition) is 1. The molecule has 1 atom stereocenters. The summed E-state index contributed by atoms with van der Waals surface area (Å²) in [6.45, 7) is 5.00. The fourth-order valence-electron chi connectivity index (χ4n) is 1.95. The molecule has 0 aliphatic heterocycles. The number of hydrogen-bond acceptors (Lipinski definition) is 6. The first-order valence-corrected chi connectivity index (χ1v) is 8.34. The Morgan fingerprint density at radius 1 is 1.35 bits per heavy atom. The summed E-state index contributed by atoms with van der Waals surface area (Å²) in [5.41, 5.74) is 1.19. The fraction of sp³-hybridized carbons (Fsp3) is 0.429. The van der Waals surface area contributed by atoms with E-state index in [1.54, 1.807) is 30.2 Å². The molecule has 0 radical (unpaired) electrons. The van der Waals surface area contributed by atoms with Crippen LogP contribution in [-0.2, 0) is 0 Å². The van der Waals surface area contributed by atoms with Crippen LogP contribution < -0.4 is 10.1 Å². The van der Waals surface area contributed by atoms with Crippen LogP contribution in [0.1, 0.15) is 23.5 Å². The van der Waals surface area contributed by atoms with E-state index >= 15 is 0 Å². The minimum Gasteiger partial charge on any atom is -0.496 e. The molecule has 0 amide bonds. The van der Waals surface area contributed by atoms with E-state index < -0.39 is 0 Å². The predicted octanol–water partition coefficient (Wildman–Crippen LogP) is 3.30. The molecule has 1 aromatic carbocycles. The van der Waals surface area contributed by atoms with Crippen molar-refractivity contribution in [1.29, 1.82) is 0 Å². The molecule has 0 spiro atoms. The number of nitrogens with one attached hydrogen (secondary N) is 1. The summed E-state index contributed by atoms with van der Waals surface area (Å²) in [6.07, 6.45) is 0. The van der Waals surface area contributed by atoms with Crippen LogP contribution in [0.3, 0.4) is 0 Å². The van der Waals surface area contributed by atoms with Gasteiger partial charge >= 0.3 is 0 Å². The third-order valence-corrected chi connectivity index (χ3v) is 4.91. The average Bonchev–Trinajstić information content (AvgIpc) is 2.89. The molecule has 2 rings (SSSR count). The highest BCUT2D eigenvalue weighted by atomic mass is 32.2. The highest BCUT2D eigenvalue weighted by Gasteiger charge is 2.16. The van der Waals surface area contributed by atoms with Gasteiger partial charge in [-0.05, 0) is 19.5 Å². The van der Waals surface area contributed by atoms with Gasteiger partial charge < -0.3 is 10.1 Å². The molecule has 20 heavy (non-hydrogen) atoms. The Labute approximate surface area is 128 Å². The molecule has 1 unspecified atom stereocenters. The third-order valence-electron chi connectivity index (χ3n) is 2.85. The molecule has 0 fully saturated rings. The fourth-order valence-corrected chi connectivity index (χ4v) is 3.87. The van der Waals surface area contributed by atoms with Gasteiger partial charge in [0.15, 0.2) is 4.34 Å². The molecule has 0 saturated carbocycles. The molecular weight excluding hydrogens is 290 g/mol. The van der Waals surface area contributed by atoms with Crippen LogP contribution in [0, 0.1) is 6.92 Å². The molecule has 2 aromatic rings. The Morgan fingerprint density at radius 2 is 2.15 bits per heavy atom. The SMILES string of the molecule is CCNC(CSc1nnc(C)s1)c1ccccc1OC. The van der Waals surface area contributed by atoms with Crippen molar-refractivity contribution in [3.8, 4) is 5.75 Å². The van der Waals surface area contributed by atoms with Crippen LogP contribution in [0.25, 0.3) is 0 Å². The quantitative estimate of drug-likeness (QED) is 0.795. The van der Waals surface area contributed by atoms with E-state index in [2.05, 4.69) is 28.5 Å². The maximum Gasteiger partial charge on any atom is 0.174 e. The summed E-state index contributed by atoms with van der Waals surface area (Å²) >= 11 is 3.36. The van der Waals surface area contributed by atoms with Gasteiger partial charge in [0.1, 0.15) is 10.8 Å². The lowest BCUT2D eigenvalue weighted by Crippen LogP contribution is -2.23. The van der Waals surface area contributed by atoms with Gasteiger partial charge in [0.2, 0.25) is 0 Å². The Kier molecular flexibility index (Phi) is 5.82. The van der Waals surface area contributed by atoms with Crippen molar-refractivity contribution >= 4 is 23.1 Å². The monoisotopic (exact) mass is 309 g/mol. The number of methoxy groups -OCH3 is 1. The predicted molar refractivity (Wildman–Crippen MR) is 84.8 cm³/mol. The highest BCUT2D eigenvalue weighted by molar-refractivity contribution is 8.01. The Bertz CT molecular complexity index is 545. The van der Waals surface area contributed by atoms with Crippen molar-refractivity contribution in [2.45, 2.75) is 24.2 Å². The van der Waals surface area contributed by atoms with Crippen LogP contribution in [0.5, 0.6) is 5.75 Å². The van der Waals surface area contributed by atoms with Gasteiger partial charge in [-0.25, -0.2) is 0 Å². The largest absolute Gasteiger partial charge is 0.496 e. The van der Waals surface area contributed by atoms with Crippen molar-refractivity contribution in [3.63, 3.8) is 0 Å². The minimum absolute atomic E-state index is 0.241. The van der Waals surface area contributed by atoms with Gasteiger partial charge in [-0.3, -0.25) is 0 Å². The van der Waals surface area contributed by atoms with Crippen LogP contribution in [-0.4, -0.2) is 29.6 Å². The second-order valence-electron chi connectivity index (χ2n) is 4.25. The number of aryl methyl sites for hydroxylation is 1. The van der Waals surface area contributed by atoms with Crippen molar-refractivity contribution in [1.82, 2.24) is 15.5 Å². The van der Waals surface area contributed by atoms with E-state index in [1.165, 1.54) is 5.56 Å². The number of aromatic nitrogens is 2. The minimum atomic E-state index is 0.241. The molecule has 4 nitrogen and oxygen atoms in total. The number of rotatable bonds is 7. The molecule has 0 saturated heterocycles. The van der Waals surface area contributed by atoms with Gasteiger partial charge in [-0.15, -0.1) is 10.2 Å². The van der Waals surface area contributed by atoms with E-state index in [0.29, 0.717) is 0 Å².